The first kappa shape index (κ1) is 10.0. The van der Waals surface area contributed by atoms with Gasteiger partial charge in [-0.2, -0.15) is 0 Å². The number of aromatic nitrogens is 1. The van der Waals surface area contributed by atoms with Crippen molar-refractivity contribution in [1.29, 1.82) is 0 Å². The zero-order chi connectivity index (χ0) is 9.52. The Bertz CT molecular complexity index is 355. The molecule has 0 aliphatic heterocycles. The van der Waals surface area contributed by atoms with E-state index in [0.29, 0.717) is 6.54 Å². The monoisotopic (exact) mass is 196 g/mol. The van der Waals surface area contributed by atoms with Gasteiger partial charge in [-0.3, -0.25) is 4.79 Å². The zero-order valence-electron chi connectivity index (χ0n) is 7.52. The number of H-pyrrole nitrogens is 1. The molecule has 0 fully saturated rings. The van der Waals surface area contributed by atoms with E-state index in [0.717, 1.165) is 18.7 Å². The van der Waals surface area contributed by atoms with Crippen LogP contribution in [0, 0.1) is 11.8 Å². The average Bonchev–Trinajstić information content (AvgIpc) is 2.51. The fraction of sp³-hybridized carbons (Fsp3) is 0.444. The van der Waals surface area contributed by atoms with Gasteiger partial charge < -0.3 is 10.3 Å². The number of nitrogens with one attached hydrogen (secondary N) is 2. The summed E-state index contributed by atoms with van der Waals surface area (Å²) >= 11 is 1.19. The average molecular weight is 196 g/mol. The fourth-order valence-electron chi connectivity index (χ4n) is 0.899. The maximum absolute atomic E-state index is 10.7. The second-order valence-electron chi connectivity index (χ2n) is 2.53. The van der Waals surface area contributed by atoms with Crippen LogP contribution in [0.1, 0.15) is 19.0 Å². The van der Waals surface area contributed by atoms with Crippen molar-refractivity contribution < 1.29 is 0 Å². The van der Waals surface area contributed by atoms with E-state index in [9.17, 15) is 4.79 Å². The lowest BCUT2D eigenvalue weighted by molar-refractivity contribution is 0.689. The van der Waals surface area contributed by atoms with Crippen LogP contribution in [0.2, 0.25) is 0 Å². The van der Waals surface area contributed by atoms with Gasteiger partial charge in [0, 0.05) is 30.6 Å². The quantitative estimate of drug-likeness (QED) is 0.556. The van der Waals surface area contributed by atoms with Gasteiger partial charge in [0.1, 0.15) is 0 Å². The Hall–Kier alpha value is -1.05. The Kier molecular flexibility index (Phi) is 4.30. The summed E-state index contributed by atoms with van der Waals surface area (Å²) < 4.78 is 0. The van der Waals surface area contributed by atoms with Gasteiger partial charge in [0.2, 0.25) is 0 Å². The summed E-state index contributed by atoms with van der Waals surface area (Å²) in [6.45, 7) is 3.40. The number of hydrogen-bond donors (Lipinski definition) is 2. The second-order valence-corrected chi connectivity index (χ2v) is 3.37. The third-order valence-electron chi connectivity index (χ3n) is 1.49. The first-order valence-corrected chi connectivity index (χ1v) is 4.98. The molecule has 0 atom stereocenters. The van der Waals surface area contributed by atoms with E-state index in [1.807, 2.05) is 12.3 Å². The molecular formula is C9H12N2OS. The lowest BCUT2D eigenvalue weighted by Gasteiger charge is -1.97. The van der Waals surface area contributed by atoms with Crippen LogP contribution in [-0.2, 0) is 6.54 Å². The number of aromatic amines is 1. The molecule has 0 aliphatic carbocycles. The first-order chi connectivity index (χ1) is 6.33. The van der Waals surface area contributed by atoms with Gasteiger partial charge in [0.25, 0.3) is 0 Å². The fourth-order valence-corrected chi connectivity index (χ4v) is 1.48. The van der Waals surface area contributed by atoms with Crippen LogP contribution in [-0.4, -0.2) is 11.5 Å². The molecule has 0 aliphatic rings. The van der Waals surface area contributed by atoms with E-state index in [-0.39, 0.29) is 4.87 Å². The summed E-state index contributed by atoms with van der Waals surface area (Å²) in [4.78, 5) is 13.5. The summed E-state index contributed by atoms with van der Waals surface area (Å²) in [5, 5.41) is 5.02. The minimum Gasteiger partial charge on any atom is -0.315 e. The molecule has 1 aromatic rings. The molecule has 0 saturated carbocycles. The van der Waals surface area contributed by atoms with Crippen LogP contribution in [0.25, 0.3) is 0 Å². The Labute approximate surface area is 81.2 Å². The van der Waals surface area contributed by atoms with Gasteiger partial charge >= 0.3 is 4.87 Å². The molecule has 0 spiro atoms. The molecule has 3 nitrogen and oxygen atoms in total. The Balaban J connectivity index is 2.19. The molecule has 0 unspecified atom stereocenters. The van der Waals surface area contributed by atoms with Crippen LogP contribution in [0.3, 0.4) is 0 Å². The van der Waals surface area contributed by atoms with E-state index in [1.54, 1.807) is 0 Å². The lowest BCUT2D eigenvalue weighted by Crippen LogP contribution is -2.15. The topological polar surface area (TPSA) is 44.9 Å². The molecule has 0 aromatic carbocycles. The minimum absolute atomic E-state index is 0.00477. The summed E-state index contributed by atoms with van der Waals surface area (Å²) in [5.41, 5.74) is 0.944. The van der Waals surface area contributed by atoms with Crippen molar-refractivity contribution in [3.05, 3.63) is 20.7 Å². The largest absolute Gasteiger partial charge is 0.315 e. The van der Waals surface area contributed by atoms with Crippen LogP contribution in [0.5, 0.6) is 0 Å². The highest BCUT2D eigenvalue weighted by molar-refractivity contribution is 7.07. The molecule has 0 radical (unpaired) electrons. The highest BCUT2D eigenvalue weighted by atomic mass is 32.1. The standard InChI is InChI=1S/C9H12N2OS/c1-2-3-4-5-10-6-8-7-13-9(12)11-8/h7,10H,4-6H2,1H3,(H,11,12). The zero-order valence-corrected chi connectivity index (χ0v) is 8.33. The van der Waals surface area contributed by atoms with Crippen molar-refractivity contribution in [1.82, 2.24) is 10.3 Å². The third kappa shape index (κ3) is 3.92. The first-order valence-electron chi connectivity index (χ1n) is 4.10. The van der Waals surface area contributed by atoms with Crippen LogP contribution in [0.15, 0.2) is 10.2 Å². The van der Waals surface area contributed by atoms with Crippen LogP contribution < -0.4 is 10.2 Å². The Morgan fingerprint density at radius 1 is 1.69 bits per heavy atom. The van der Waals surface area contributed by atoms with Crippen LogP contribution >= 0.6 is 11.3 Å². The normalized spacial score (nSPS) is 9.31. The molecule has 0 saturated heterocycles. The summed E-state index contributed by atoms with van der Waals surface area (Å²) in [6, 6.07) is 0. The number of hydrogen-bond acceptors (Lipinski definition) is 3. The number of rotatable bonds is 4. The predicted molar refractivity (Wildman–Crippen MR) is 54.7 cm³/mol. The van der Waals surface area contributed by atoms with Gasteiger partial charge in [-0.1, -0.05) is 11.3 Å². The molecule has 70 valence electrons. The van der Waals surface area contributed by atoms with Crippen molar-refractivity contribution in [3.8, 4) is 11.8 Å². The second kappa shape index (κ2) is 5.57. The Morgan fingerprint density at radius 3 is 3.15 bits per heavy atom. The molecule has 2 N–H and O–H groups in total. The predicted octanol–water partition coefficient (Wildman–Crippen LogP) is 0.939. The van der Waals surface area contributed by atoms with E-state index >= 15 is 0 Å². The van der Waals surface area contributed by atoms with E-state index < -0.39 is 0 Å². The van der Waals surface area contributed by atoms with E-state index in [2.05, 4.69) is 22.1 Å². The minimum atomic E-state index is 0.00477. The maximum atomic E-state index is 10.7. The SMILES string of the molecule is CC#CCCNCc1csc(=O)[nH]1. The van der Waals surface area contributed by atoms with E-state index in [1.165, 1.54) is 11.3 Å². The van der Waals surface area contributed by atoms with Crippen molar-refractivity contribution >= 4 is 11.3 Å². The van der Waals surface area contributed by atoms with Gasteiger partial charge in [-0.25, -0.2) is 0 Å². The highest BCUT2D eigenvalue weighted by Gasteiger charge is 1.94. The molecule has 1 heterocycles. The lowest BCUT2D eigenvalue weighted by atomic mass is 10.4. The molecule has 4 heteroatoms. The smallest absolute Gasteiger partial charge is 0.304 e. The van der Waals surface area contributed by atoms with E-state index in [4.69, 9.17) is 0 Å². The molecule has 0 bridgehead atoms. The molecule has 0 amide bonds. The van der Waals surface area contributed by atoms with Gasteiger partial charge in [-0.15, -0.1) is 11.8 Å². The van der Waals surface area contributed by atoms with Crippen molar-refractivity contribution in [2.45, 2.75) is 19.9 Å². The van der Waals surface area contributed by atoms with Crippen molar-refractivity contribution in [2.24, 2.45) is 0 Å². The van der Waals surface area contributed by atoms with Crippen LogP contribution in [0.4, 0.5) is 0 Å². The Morgan fingerprint density at radius 2 is 2.54 bits per heavy atom. The van der Waals surface area contributed by atoms with Gasteiger partial charge in [0.05, 0.1) is 0 Å². The number of thiazole rings is 1. The van der Waals surface area contributed by atoms with Crippen molar-refractivity contribution in [2.75, 3.05) is 6.54 Å². The molecule has 1 aromatic heterocycles. The maximum Gasteiger partial charge on any atom is 0.304 e. The molecule has 13 heavy (non-hydrogen) atoms. The molecular weight excluding hydrogens is 184 g/mol. The molecule has 1 rings (SSSR count). The highest BCUT2D eigenvalue weighted by Crippen LogP contribution is 1.93. The van der Waals surface area contributed by atoms with Crippen molar-refractivity contribution in [3.63, 3.8) is 0 Å². The summed E-state index contributed by atoms with van der Waals surface area (Å²) in [7, 11) is 0. The summed E-state index contributed by atoms with van der Waals surface area (Å²) in [5.74, 6) is 5.78. The third-order valence-corrected chi connectivity index (χ3v) is 2.21. The van der Waals surface area contributed by atoms with Gasteiger partial charge in [-0.05, 0) is 6.92 Å². The summed E-state index contributed by atoms with van der Waals surface area (Å²) in [6.07, 6.45) is 0.852. The van der Waals surface area contributed by atoms with Gasteiger partial charge in [0.15, 0.2) is 0 Å².